The van der Waals surface area contributed by atoms with Gasteiger partial charge in [-0.2, -0.15) is 5.10 Å². The van der Waals surface area contributed by atoms with E-state index in [1.807, 2.05) is 54.6 Å². The van der Waals surface area contributed by atoms with Crippen LogP contribution in [0.2, 0.25) is 0 Å². The fraction of sp³-hybridized carbons (Fsp3) is 0.167. The van der Waals surface area contributed by atoms with Crippen LogP contribution < -0.4 is 4.74 Å². The maximum Gasteiger partial charge on any atom is 0.253 e. The van der Waals surface area contributed by atoms with Gasteiger partial charge in [-0.15, -0.1) is 11.8 Å². The molecule has 3 aromatic rings. The summed E-state index contributed by atoms with van der Waals surface area (Å²) in [5.74, 6) is 0.389. The van der Waals surface area contributed by atoms with Crippen molar-refractivity contribution in [3.8, 4) is 5.75 Å². The lowest BCUT2D eigenvalue weighted by atomic mass is 9.98. The van der Waals surface area contributed by atoms with Gasteiger partial charge in [-0.25, -0.2) is 9.40 Å². The summed E-state index contributed by atoms with van der Waals surface area (Å²) in [6.45, 7) is 0. The average molecular weight is 421 g/mol. The third-order valence-electron chi connectivity index (χ3n) is 4.96. The molecule has 0 saturated carbocycles. The molecule has 0 aromatic heterocycles. The molecule has 0 radical (unpaired) electrons. The Labute approximate surface area is 179 Å². The largest absolute Gasteiger partial charge is 0.497 e. The predicted molar refractivity (Wildman–Crippen MR) is 117 cm³/mol. The van der Waals surface area contributed by atoms with Gasteiger partial charge >= 0.3 is 0 Å². The highest BCUT2D eigenvalue weighted by Crippen LogP contribution is 2.34. The summed E-state index contributed by atoms with van der Waals surface area (Å²) in [6, 6.07) is 23.8. The molecule has 1 aliphatic heterocycles. The molecule has 152 valence electrons. The van der Waals surface area contributed by atoms with Gasteiger partial charge in [-0.05, 0) is 35.4 Å². The van der Waals surface area contributed by atoms with Gasteiger partial charge in [-0.3, -0.25) is 4.79 Å². The number of hydrogen-bond donors (Lipinski definition) is 0. The zero-order valence-electron chi connectivity index (χ0n) is 16.5. The monoisotopic (exact) mass is 420 g/mol. The van der Waals surface area contributed by atoms with E-state index in [9.17, 15) is 9.18 Å². The number of nitrogens with zero attached hydrogens (tertiary/aromatic N) is 2. The van der Waals surface area contributed by atoms with E-state index in [0.29, 0.717) is 11.3 Å². The van der Waals surface area contributed by atoms with Gasteiger partial charge in [0.15, 0.2) is 0 Å². The van der Waals surface area contributed by atoms with E-state index < -0.39 is 0 Å². The van der Waals surface area contributed by atoms with E-state index in [2.05, 4.69) is 5.10 Å². The van der Waals surface area contributed by atoms with E-state index in [1.54, 1.807) is 25.3 Å². The highest BCUT2D eigenvalue weighted by molar-refractivity contribution is 8.00. The van der Waals surface area contributed by atoms with Crippen molar-refractivity contribution in [2.24, 2.45) is 5.10 Å². The summed E-state index contributed by atoms with van der Waals surface area (Å²) in [5, 5.41) is 6.20. The van der Waals surface area contributed by atoms with Crippen molar-refractivity contribution >= 4 is 23.4 Å². The number of benzene rings is 3. The normalized spacial score (nSPS) is 15.7. The number of amides is 1. The fourth-order valence-corrected chi connectivity index (χ4v) is 4.19. The Morgan fingerprint density at radius 1 is 1.07 bits per heavy atom. The van der Waals surface area contributed by atoms with Crippen LogP contribution in [0.3, 0.4) is 0 Å². The van der Waals surface area contributed by atoms with Gasteiger partial charge in [0, 0.05) is 11.3 Å². The molecule has 4 nitrogen and oxygen atoms in total. The SMILES string of the molecule is COc1ccc([C@@H]2CC(c3ccccc3)=NN2C(=O)CSc2ccccc2F)cc1. The number of methoxy groups -OCH3 is 1. The summed E-state index contributed by atoms with van der Waals surface area (Å²) >= 11 is 1.19. The number of thioether (sulfide) groups is 1. The quantitative estimate of drug-likeness (QED) is 0.508. The van der Waals surface area contributed by atoms with Crippen molar-refractivity contribution in [1.29, 1.82) is 0 Å². The van der Waals surface area contributed by atoms with Gasteiger partial charge in [0.25, 0.3) is 5.91 Å². The second kappa shape index (κ2) is 9.13. The van der Waals surface area contributed by atoms with Crippen molar-refractivity contribution in [1.82, 2.24) is 5.01 Å². The lowest BCUT2D eigenvalue weighted by molar-refractivity contribution is -0.130. The highest BCUT2D eigenvalue weighted by atomic mass is 32.2. The number of carbonyl (C=O) groups is 1. The average Bonchev–Trinajstić information content (AvgIpc) is 3.25. The highest BCUT2D eigenvalue weighted by Gasteiger charge is 2.33. The minimum atomic E-state index is -0.322. The summed E-state index contributed by atoms with van der Waals surface area (Å²) in [6.07, 6.45) is 0.618. The summed E-state index contributed by atoms with van der Waals surface area (Å²) in [4.78, 5) is 13.5. The van der Waals surface area contributed by atoms with Crippen LogP contribution in [0.4, 0.5) is 4.39 Å². The smallest absolute Gasteiger partial charge is 0.253 e. The number of halogens is 1. The van der Waals surface area contributed by atoms with Gasteiger partial charge in [-0.1, -0.05) is 54.6 Å². The Balaban J connectivity index is 1.58. The molecule has 0 bridgehead atoms. The van der Waals surface area contributed by atoms with E-state index in [4.69, 9.17) is 4.74 Å². The number of hydrogen-bond acceptors (Lipinski definition) is 4. The fourth-order valence-electron chi connectivity index (χ4n) is 3.40. The molecule has 1 heterocycles. The topological polar surface area (TPSA) is 41.9 Å². The number of carbonyl (C=O) groups excluding carboxylic acids is 1. The molecule has 1 aliphatic rings. The zero-order chi connectivity index (χ0) is 20.9. The van der Waals surface area contributed by atoms with Crippen molar-refractivity contribution < 1.29 is 13.9 Å². The molecular weight excluding hydrogens is 399 g/mol. The first-order valence-electron chi connectivity index (χ1n) is 9.62. The van der Waals surface area contributed by atoms with E-state index in [0.717, 1.165) is 22.6 Å². The Hall–Kier alpha value is -3.12. The Morgan fingerprint density at radius 2 is 1.77 bits per heavy atom. The van der Waals surface area contributed by atoms with Crippen LogP contribution in [0.5, 0.6) is 5.75 Å². The molecule has 1 atom stereocenters. The van der Waals surface area contributed by atoms with E-state index in [-0.39, 0.29) is 23.5 Å². The molecule has 0 saturated heterocycles. The molecule has 0 spiro atoms. The van der Waals surface area contributed by atoms with Crippen LogP contribution in [0, 0.1) is 5.82 Å². The van der Waals surface area contributed by atoms with Crippen LogP contribution in [0.15, 0.2) is 88.9 Å². The van der Waals surface area contributed by atoms with Gasteiger partial charge in [0.1, 0.15) is 11.6 Å². The van der Waals surface area contributed by atoms with Crippen molar-refractivity contribution in [2.75, 3.05) is 12.9 Å². The molecule has 3 aromatic carbocycles. The van der Waals surface area contributed by atoms with Crippen LogP contribution in [-0.2, 0) is 4.79 Å². The van der Waals surface area contributed by atoms with Crippen LogP contribution in [0.25, 0.3) is 0 Å². The Kier molecular flexibility index (Phi) is 6.14. The number of ether oxygens (including phenoxy) is 1. The van der Waals surface area contributed by atoms with Gasteiger partial charge in [0.2, 0.25) is 0 Å². The van der Waals surface area contributed by atoms with Crippen molar-refractivity contribution in [2.45, 2.75) is 17.4 Å². The van der Waals surface area contributed by atoms with Crippen LogP contribution >= 0.6 is 11.8 Å². The van der Waals surface area contributed by atoms with Crippen molar-refractivity contribution in [3.63, 3.8) is 0 Å². The molecule has 6 heteroatoms. The molecular formula is C24H21FN2O2S. The number of rotatable bonds is 6. The first-order valence-corrected chi connectivity index (χ1v) is 10.6. The standard InChI is InChI=1S/C24H21FN2O2S/c1-29-19-13-11-18(12-14-19)22-15-21(17-7-3-2-4-8-17)26-27(22)24(28)16-30-23-10-6-5-9-20(23)25/h2-14,22H,15-16H2,1H3/t22-/m0/s1. The molecule has 0 unspecified atom stereocenters. The molecule has 1 amide bonds. The minimum Gasteiger partial charge on any atom is -0.497 e. The second-order valence-corrected chi connectivity index (χ2v) is 7.88. The maximum atomic E-state index is 13.9. The summed E-state index contributed by atoms with van der Waals surface area (Å²) < 4.78 is 19.2. The van der Waals surface area contributed by atoms with Gasteiger partial charge in [0.05, 0.1) is 24.6 Å². The Bertz CT molecular complexity index is 1050. The van der Waals surface area contributed by atoms with Crippen LogP contribution in [0.1, 0.15) is 23.6 Å². The molecule has 0 fully saturated rings. The van der Waals surface area contributed by atoms with Gasteiger partial charge < -0.3 is 4.74 Å². The summed E-state index contributed by atoms with van der Waals surface area (Å²) in [5.41, 5.74) is 2.84. The molecule has 0 aliphatic carbocycles. The van der Waals surface area contributed by atoms with E-state index in [1.165, 1.54) is 22.8 Å². The molecule has 4 rings (SSSR count). The maximum absolute atomic E-state index is 13.9. The van der Waals surface area contributed by atoms with Crippen molar-refractivity contribution in [3.05, 3.63) is 95.8 Å². The van der Waals surface area contributed by atoms with Crippen LogP contribution in [-0.4, -0.2) is 29.5 Å². The first-order chi connectivity index (χ1) is 14.7. The Morgan fingerprint density at radius 3 is 2.47 bits per heavy atom. The minimum absolute atomic E-state index is 0.110. The first kappa shape index (κ1) is 20.2. The lowest BCUT2D eigenvalue weighted by Crippen LogP contribution is -2.28. The second-order valence-electron chi connectivity index (χ2n) is 6.86. The molecule has 0 N–H and O–H groups in total. The number of hydrazone groups is 1. The third-order valence-corrected chi connectivity index (χ3v) is 5.99. The lowest BCUT2D eigenvalue weighted by Gasteiger charge is -2.22. The molecule has 30 heavy (non-hydrogen) atoms. The van der Waals surface area contributed by atoms with E-state index >= 15 is 0 Å². The zero-order valence-corrected chi connectivity index (χ0v) is 17.3. The predicted octanol–water partition coefficient (Wildman–Crippen LogP) is 5.30. The third kappa shape index (κ3) is 4.39. The summed E-state index contributed by atoms with van der Waals surface area (Å²) in [7, 11) is 1.62.